The van der Waals surface area contributed by atoms with Crippen LogP contribution in [0.2, 0.25) is 10.0 Å². The molecule has 2 aromatic carbocycles. The second-order valence-electron chi connectivity index (χ2n) is 5.86. The van der Waals surface area contributed by atoms with E-state index >= 15 is 0 Å². The summed E-state index contributed by atoms with van der Waals surface area (Å²) in [5, 5.41) is 3.65. The lowest BCUT2D eigenvalue weighted by Gasteiger charge is -2.17. The Balaban J connectivity index is 1.72. The number of amides is 2. The van der Waals surface area contributed by atoms with Gasteiger partial charge < -0.3 is 10.2 Å². The van der Waals surface area contributed by atoms with Crippen LogP contribution < -0.4 is 10.2 Å². The molecule has 0 aromatic heterocycles. The van der Waals surface area contributed by atoms with Crippen LogP contribution in [0.15, 0.2) is 42.5 Å². The molecule has 1 aliphatic rings. The lowest BCUT2D eigenvalue weighted by atomic mass is 10.1. The van der Waals surface area contributed by atoms with Gasteiger partial charge in [0.2, 0.25) is 11.8 Å². The molecule has 1 N–H and O–H groups in total. The van der Waals surface area contributed by atoms with E-state index in [9.17, 15) is 9.59 Å². The number of hydrogen-bond acceptors (Lipinski definition) is 2. The molecule has 1 saturated heterocycles. The van der Waals surface area contributed by atoms with Gasteiger partial charge in [0.1, 0.15) is 0 Å². The summed E-state index contributed by atoms with van der Waals surface area (Å²) >= 11 is 11.9. The first-order valence-corrected chi connectivity index (χ1v) is 8.32. The van der Waals surface area contributed by atoms with Crippen LogP contribution >= 0.6 is 23.2 Å². The Kier molecular flexibility index (Phi) is 4.78. The highest BCUT2D eigenvalue weighted by molar-refractivity contribution is 6.36. The number of nitrogens with one attached hydrogen (secondary N) is 1. The number of nitrogens with zero attached hydrogens (tertiary/aromatic N) is 1. The monoisotopic (exact) mass is 362 g/mol. The molecule has 0 spiro atoms. The average Bonchev–Trinajstić information content (AvgIpc) is 2.92. The Labute approximate surface area is 150 Å². The third-order valence-corrected chi connectivity index (χ3v) is 4.55. The Morgan fingerprint density at radius 3 is 2.71 bits per heavy atom. The van der Waals surface area contributed by atoms with Crippen molar-refractivity contribution in [2.75, 3.05) is 16.8 Å². The summed E-state index contributed by atoms with van der Waals surface area (Å²) in [4.78, 5) is 26.4. The zero-order valence-electron chi connectivity index (χ0n) is 13.1. The SMILES string of the molecule is Cc1cccc(N2C[C@@H](C(=O)Nc3ccc(Cl)cc3Cl)CC2=O)c1. The zero-order chi connectivity index (χ0) is 17.3. The predicted molar refractivity (Wildman–Crippen MR) is 96.7 cm³/mol. The van der Waals surface area contributed by atoms with E-state index < -0.39 is 5.92 Å². The van der Waals surface area contributed by atoms with Gasteiger partial charge in [-0.2, -0.15) is 0 Å². The van der Waals surface area contributed by atoms with E-state index in [0.29, 0.717) is 22.3 Å². The first-order valence-electron chi connectivity index (χ1n) is 7.57. The number of aryl methyl sites for hydroxylation is 1. The molecule has 0 unspecified atom stereocenters. The van der Waals surface area contributed by atoms with Gasteiger partial charge in [0.15, 0.2) is 0 Å². The highest BCUT2D eigenvalue weighted by atomic mass is 35.5. The highest BCUT2D eigenvalue weighted by Crippen LogP contribution is 2.29. The predicted octanol–water partition coefficient (Wildman–Crippen LogP) is 4.29. The van der Waals surface area contributed by atoms with Crippen molar-refractivity contribution in [1.82, 2.24) is 0 Å². The fourth-order valence-electron chi connectivity index (χ4n) is 2.75. The summed E-state index contributed by atoms with van der Waals surface area (Å²) < 4.78 is 0. The van der Waals surface area contributed by atoms with Gasteiger partial charge in [-0.15, -0.1) is 0 Å². The van der Waals surface area contributed by atoms with Crippen molar-refractivity contribution in [3.05, 3.63) is 58.1 Å². The summed E-state index contributed by atoms with van der Waals surface area (Å²) in [7, 11) is 0. The normalized spacial score (nSPS) is 17.2. The van der Waals surface area contributed by atoms with Crippen LogP contribution in [0.1, 0.15) is 12.0 Å². The molecule has 24 heavy (non-hydrogen) atoms. The van der Waals surface area contributed by atoms with E-state index in [2.05, 4.69) is 5.32 Å². The molecule has 0 radical (unpaired) electrons. The van der Waals surface area contributed by atoms with E-state index in [0.717, 1.165) is 11.3 Å². The van der Waals surface area contributed by atoms with Gasteiger partial charge in [-0.1, -0.05) is 35.3 Å². The number of benzene rings is 2. The fourth-order valence-corrected chi connectivity index (χ4v) is 3.21. The minimum absolute atomic E-state index is 0.0528. The van der Waals surface area contributed by atoms with Crippen LogP contribution in [-0.4, -0.2) is 18.4 Å². The van der Waals surface area contributed by atoms with Crippen molar-refractivity contribution in [2.45, 2.75) is 13.3 Å². The molecule has 124 valence electrons. The second-order valence-corrected chi connectivity index (χ2v) is 6.70. The molecular weight excluding hydrogens is 347 g/mol. The van der Waals surface area contributed by atoms with Crippen LogP contribution in [0.5, 0.6) is 0 Å². The topological polar surface area (TPSA) is 49.4 Å². The smallest absolute Gasteiger partial charge is 0.229 e. The van der Waals surface area contributed by atoms with Crippen molar-refractivity contribution in [3.8, 4) is 0 Å². The Hall–Kier alpha value is -2.04. The molecule has 0 aliphatic carbocycles. The molecule has 2 aromatic rings. The zero-order valence-corrected chi connectivity index (χ0v) is 14.6. The second kappa shape index (κ2) is 6.83. The minimum Gasteiger partial charge on any atom is -0.324 e. The van der Waals surface area contributed by atoms with E-state index in [4.69, 9.17) is 23.2 Å². The fraction of sp³-hybridized carbons (Fsp3) is 0.222. The van der Waals surface area contributed by atoms with Gasteiger partial charge in [0, 0.05) is 23.7 Å². The molecule has 0 saturated carbocycles. The molecule has 1 fully saturated rings. The third kappa shape index (κ3) is 3.55. The summed E-state index contributed by atoms with van der Waals surface area (Å²) in [5.74, 6) is -0.685. The largest absolute Gasteiger partial charge is 0.324 e. The van der Waals surface area contributed by atoms with Crippen LogP contribution in [-0.2, 0) is 9.59 Å². The maximum Gasteiger partial charge on any atom is 0.229 e. The molecule has 1 atom stereocenters. The molecule has 3 rings (SSSR count). The van der Waals surface area contributed by atoms with Crippen molar-refractivity contribution in [3.63, 3.8) is 0 Å². The standard InChI is InChI=1S/C18H16Cl2N2O2/c1-11-3-2-4-14(7-11)22-10-12(8-17(22)23)18(24)21-16-6-5-13(19)9-15(16)20/h2-7,9,12H,8,10H2,1H3,(H,21,24)/t12-/m0/s1. The van der Waals surface area contributed by atoms with Gasteiger partial charge in [0.05, 0.1) is 16.6 Å². The van der Waals surface area contributed by atoms with Crippen LogP contribution in [0.4, 0.5) is 11.4 Å². The van der Waals surface area contributed by atoms with Gasteiger partial charge in [-0.05, 0) is 42.8 Å². The highest BCUT2D eigenvalue weighted by Gasteiger charge is 2.35. The molecular formula is C18H16Cl2N2O2. The molecule has 0 bridgehead atoms. The summed E-state index contributed by atoms with van der Waals surface area (Å²) in [6.45, 7) is 2.33. The lowest BCUT2D eigenvalue weighted by molar-refractivity contribution is -0.122. The number of anilines is 2. The van der Waals surface area contributed by atoms with Crippen molar-refractivity contribution in [1.29, 1.82) is 0 Å². The quantitative estimate of drug-likeness (QED) is 0.884. The number of rotatable bonds is 3. The van der Waals surface area contributed by atoms with Crippen molar-refractivity contribution in [2.24, 2.45) is 5.92 Å². The number of carbonyl (C=O) groups is 2. The maximum atomic E-state index is 12.5. The number of halogens is 2. The summed E-state index contributed by atoms with van der Waals surface area (Å²) in [6.07, 6.45) is 0.186. The first kappa shape index (κ1) is 16.8. The summed E-state index contributed by atoms with van der Waals surface area (Å²) in [6, 6.07) is 12.6. The molecule has 2 amide bonds. The van der Waals surface area contributed by atoms with Crippen LogP contribution in [0.3, 0.4) is 0 Å². The average molecular weight is 363 g/mol. The van der Waals surface area contributed by atoms with Gasteiger partial charge in [-0.25, -0.2) is 0 Å². The Morgan fingerprint density at radius 1 is 1.21 bits per heavy atom. The third-order valence-electron chi connectivity index (χ3n) is 4.00. The van der Waals surface area contributed by atoms with E-state index in [1.54, 1.807) is 23.1 Å². The molecule has 1 aliphatic heterocycles. The van der Waals surface area contributed by atoms with E-state index in [1.165, 1.54) is 0 Å². The van der Waals surface area contributed by atoms with E-state index in [1.807, 2.05) is 31.2 Å². The van der Waals surface area contributed by atoms with Gasteiger partial charge >= 0.3 is 0 Å². The number of hydrogen-bond donors (Lipinski definition) is 1. The van der Waals surface area contributed by atoms with Crippen molar-refractivity contribution >= 4 is 46.4 Å². The van der Waals surface area contributed by atoms with Crippen LogP contribution in [0, 0.1) is 12.8 Å². The molecule has 4 nitrogen and oxygen atoms in total. The first-order chi connectivity index (χ1) is 11.4. The van der Waals surface area contributed by atoms with Crippen molar-refractivity contribution < 1.29 is 9.59 Å². The Bertz CT molecular complexity index is 807. The molecule has 1 heterocycles. The van der Waals surface area contributed by atoms with E-state index in [-0.39, 0.29) is 18.2 Å². The van der Waals surface area contributed by atoms with Gasteiger partial charge in [-0.3, -0.25) is 9.59 Å². The Morgan fingerprint density at radius 2 is 2.00 bits per heavy atom. The summed E-state index contributed by atoms with van der Waals surface area (Å²) in [5.41, 5.74) is 2.38. The molecule has 6 heteroatoms. The number of carbonyl (C=O) groups excluding carboxylic acids is 2. The maximum absolute atomic E-state index is 12.5. The van der Waals surface area contributed by atoms with Crippen LogP contribution in [0.25, 0.3) is 0 Å². The lowest BCUT2D eigenvalue weighted by Crippen LogP contribution is -2.28. The minimum atomic E-state index is -0.412. The van der Waals surface area contributed by atoms with Gasteiger partial charge in [0.25, 0.3) is 0 Å².